The molecule has 136 valence electrons. The van der Waals surface area contributed by atoms with Crippen LogP contribution < -0.4 is 10.6 Å². The number of hydrogen-bond donors (Lipinski definition) is 2. The van der Waals surface area contributed by atoms with Crippen molar-refractivity contribution >= 4 is 23.5 Å². The van der Waals surface area contributed by atoms with E-state index in [4.69, 9.17) is 0 Å². The Morgan fingerprint density at radius 1 is 1.20 bits per heavy atom. The summed E-state index contributed by atoms with van der Waals surface area (Å²) in [6, 6.07) is 6.47. The minimum Gasteiger partial charge on any atom is -0.465 e. The Hall–Kier alpha value is -2.41. The summed E-state index contributed by atoms with van der Waals surface area (Å²) in [4.78, 5) is 38.5. The normalized spacial score (nSPS) is 14.7. The van der Waals surface area contributed by atoms with E-state index in [0.29, 0.717) is 30.6 Å². The number of carbonyl (C=O) groups is 3. The van der Waals surface area contributed by atoms with Crippen LogP contribution in [-0.4, -0.2) is 57.0 Å². The van der Waals surface area contributed by atoms with Crippen molar-refractivity contribution in [3.05, 3.63) is 29.8 Å². The first kappa shape index (κ1) is 18.9. The van der Waals surface area contributed by atoms with Gasteiger partial charge in [0, 0.05) is 12.2 Å². The molecular formula is C18H25N3O4. The molecule has 1 aliphatic carbocycles. The van der Waals surface area contributed by atoms with Crippen LogP contribution in [0.2, 0.25) is 0 Å². The van der Waals surface area contributed by atoms with Crippen molar-refractivity contribution in [2.45, 2.75) is 19.3 Å². The topological polar surface area (TPSA) is 87.7 Å². The highest BCUT2D eigenvalue weighted by atomic mass is 16.5. The van der Waals surface area contributed by atoms with Crippen molar-refractivity contribution < 1.29 is 19.1 Å². The summed E-state index contributed by atoms with van der Waals surface area (Å²) in [5.74, 6) is -1.04. The lowest BCUT2D eigenvalue weighted by molar-refractivity contribution is -0.134. The van der Waals surface area contributed by atoms with Crippen molar-refractivity contribution in [2.24, 2.45) is 5.41 Å². The summed E-state index contributed by atoms with van der Waals surface area (Å²) in [6.07, 6.45) is 1.90. The number of hydrogen-bond acceptors (Lipinski definition) is 5. The van der Waals surface area contributed by atoms with Crippen molar-refractivity contribution in [1.29, 1.82) is 0 Å². The number of anilines is 1. The molecule has 0 unspecified atom stereocenters. The minimum atomic E-state index is -0.987. The van der Waals surface area contributed by atoms with E-state index in [1.165, 1.54) is 13.2 Å². The van der Waals surface area contributed by atoms with Crippen LogP contribution in [0.15, 0.2) is 24.3 Å². The van der Waals surface area contributed by atoms with Gasteiger partial charge in [0.1, 0.15) is 5.41 Å². The molecular weight excluding hydrogens is 322 g/mol. The van der Waals surface area contributed by atoms with Crippen LogP contribution in [0.3, 0.4) is 0 Å². The number of carbonyl (C=O) groups excluding carboxylic acids is 3. The third-order valence-corrected chi connectivity index (χ3v) is 4.23. The maximum Gasteiger partial charge on any atom is 0.337 e. The third kappa shape index (κ3) is 4.79. The zero-order chi connectivity index (χ0) is 18.4. The largest absolute Gasteiger partial charge is 0.465 e. The number of benzene rings is 1. The molecule has 0 atom stereocenters. The summed E-state index contributed by atoms with van der Waals surface area (Å²) in [7, 11) is 5.24. The molecule has 2 amide bonds. The molecule has 0 heterocycles. The van der Waals surface area contributed by atoms with Crippen LogP contribution in [0.1, 0.15) is 29.6 Å². The van der Waals surface area contributed by atoms with Crippen LogP contribution >= 0.6 is 0 Å². The number of nitrogens with one attached hydrogen (secondary N) is 2. The second kappa shape index (κ2) is 8.11. The van der Waals surface area contributed by atoms with Crippen LogP contribution in [0.5, 0.6) is 0 Å². The smallest absolute Gasteiger partial charge is 0.337 e. The van der Waals surface area contributed by atoms with Gasteiger partial charge in [-0.2, -0.15) is 0 Å². The van der Waals surface area contributed by atoms with E-state index in [-0.39, 0.29) is 11.8 Å². The van der Waals surface area contributed by atoms with Gasteiger partial charge >= 0.3 is 5.97 Å². The molecule has 2 rings (SSSR count). The number of amides is 2. The lowest BCUT2D eigenvalue weighted by Gasteiger charge is -2.16. The molecule has 0 aliphatic heterocycles. The maximum absolute atomic E-state index is 12.5. The van der Waals surface area contributed by atoms with Crippen molar-refractivity contribution in [2.75, 3.05) is 39.6 Å². The van der Waals surface area contributed by atoms with Gasteiger partial charge in [-0.25, -0.2) is 4.79 Å². The molecule has 7 nitrogen and oxygen atoms in total. The Bertz CT molecular complexity index is 653. The number of rotatable bonds is 8. The molecule has 1 saturated carbocycles. The van der Waals surface area contributed by atoms with E-state index in [9.17, 15) is 14.4 Å². The van der Waals surface area contributed by atoms with Gasteiger partial charge in [0.05, 0.1) is 12.7 Å². The quantitative estimate of drug-likeness (QED) is 0.420. The summed E-state index contributed by atoms with van der Waals surface area (Å²) in [5, 5.41) is 5.58. The van der Waals surface area contributed by atoms with Crippen molar-refractivity contribution in [3.63, 3.8) is 0 Å². The van der Waals surface area contributed by atoms with Crippen LogP contribution in [0, 0.1) is 5.41 Å². The average molecular weight is 347 g/mol. The van der Waals surface area contributed by atoms with Gasteiger partial charge in [-0.15, -0.1) is 0 Å². The number of methoxy groups -OCH3 is 1. The molecule has 0 bridgehead atoms. The fraction of sp³-hybridized carbons (Fsp3) is 0.500. The lowest BCUT2D eigenvalue weighted by atomic mass is 10.0. The van der Waals surface area contributed by atoms with E-state index in [2.05, 4.69) is 15.4 Å². The van der Waals surface area contributed by atoms with Gasteiger partial charge in [0.25, 0.3) is 0 Å². The van der Waals surface area contributed by atoms with Crippen molar-refractivity contribution in [1.82, 2.24) is 10.2 Å². The average Bonchev–Trinajstić information content (AvgIpc) is 3.40. The Kier molecular flexibility index (Phi) is 6.14. The number of esters is 1. The third-order valence-electron chi connectivity index (χ3n) is 4.23. The van der Waals surface area contributed by atoms with Gasteiger partial charge in [-0.3, -0.25) is 9.59 Å². The van der Waals surface area contributed by atoms with Gasteiger partial charge in [-0.05, 0) is 58.1 Å². The number of ether oxygens (including phenoxy) is 1. The molecule has 1 fully saturated rings. The van der Waals surface area contributed by atoms with Gasteiger partial charge in [-0.1, -0.05) is 6.07 Å². The van der Waals surface area contributed by atoms with Crippen LogP contribution in [0.25, 0.3) is 0 Å². The molecule has 1 aromatic rings. The first-order valence-corrected chi connectivity index (χ1v) is 8.32. The predicted octanol–water partition coefficient (Wildman–Crippen LogP) is 1.26. The maximum atomic E-state index is 12.5. The van der Waals surface area contributed by atoms with Crippen LogP contribution in [-0.2, 0) is 14.3 Å². The Balaban J connectivity index is 1.93. The molecule has 25 heavy (non-hydrogen) atoms. The summed E-state index contributed by atoms with van der Waals surface area (Å²) in [5.41, 5.74) is -0.169. The molecule has 0 saturated heterocycles. The number of nitrogens with zero attached hydrogens (tertiary/aromatic N) is 1. The zero-order valence-corrected chi connectivity index (χ0v) is 14.9. The first-order valence-electron chi connectivity index (χ1n) is 8.32. The van der Waals surface area contributed by atoms with E-state index in [0.717, 1.165) is 13.0 Å². The standard InChI is InChI=1S/C18H25N3O4/c1-21(2)11-5-10-19-16(23)18(8-9-18)17(24)20-14-7-4-6-13(12-14)15(22)25-3/h4,6-7,12H,5,8-11H2,1-3H3,(H,19,23)(H,20,24). The molecule has 0 spiro atoms. The monoisotopic (exact) mass is 347 g/mol. The van der Waals surface area contributed by atoms with Gasteiger partial charge < -0.3 is 20.3 Å². The SMILES string of the molecule is COC(=O)c1cccc(NC(=O)C2(C(=O)NCCCN(C)C)CC2)c1. The van der Waals surface area contributed by atoms with E-state index in [1.54, 1.807) is 18.2 Å². The highest BCUT2D eigenvalue weighted by Crippen LogP contribution is 2.46. The summed E-state index contributed by atoms with van der Waals surface area (Å²) in [6.45, 7) is 1.42. The second-order valence-corrected chi connectivity index (χ2v) is 6.52. The highest BCUT2D eigenvalue weighted by Gasteiger charge is 2.56. The van der Waals surface area contributed by atoms with Gasteiger partial charge in [0.2, 0.25) is 11.8 Å². The van der Waals surface area contributed by atoms with Crippen molar-refractivity contribution in [3.8, 4) is 0 Å². The summed E-state index contributed by atoms with van der Waals surface area (Å²) >= 11 is 0. The fourth-order valence-electron chi connectivity index (χ4n) is 2.54. The molecule has 0 radical (unpaired) electrons. The highest BCUT2D eigenvalue weighted by molar-refractivity contribution is 6.13. The molecule has 7 heteroatoms. The van der Waals surface area contributed by atoms with Crippen LogP contribution in [0.4, 0.5) is 5.69 Å². The summed E-state index contributed by atoms with van der Waals surface area (Å²) < 4.78 is 4.67. The zero-order valence-electron chi connectivity index (χ0n) is 14.9. The molecule has 0 aromatic heterocycles. The molecule has 1 aliphatic rings. The Morgan fingerprint density at radius 3 is 2.52 bits per heavy atom. The Morgan fingerprint density at radius 2 is 1.92 bits per heavy atom. The van der Waals surface area contributed by atoms with Gasteiger partial charge in [0.15, 0.2) is 0 Å². The second-order valence-electron chi connectivity index (χ2n) is 6.52. The predicted molar refractivity (Wildman–Crippen MR) is 94.3 cm³/mol. The molecule has 2 N–H and O–H groups in total. The van der Waals surface area contributed by atoms with E-state index >= 15 is 0 Å². The first-order chi connectivity index (χ1) is 11.9. The minimum absolute atomic E-state index is 0.229. The Labute approximate surface area is 147 Å². The fourth-order valence-corrected chi connectivity index (χ4v) is 2.54. The van der Waals surface area contributed by atoms with E-state index < -0.39 is 11.4 Å². The van der Waals surface area contributed by atoms with E-state index in [1.807, 2.05) is 19.0 Å². The lowest BCUT2D eigenvalue weighted by Crippen LogP contribution is -2.40. The molecule has 1 aromatic carbocycles.